The standard InChI is InChI=1S/C7H11F3N4O/c8-7(9,10)5-6(15)12-3-1-2-4-13-14-11/h1-5H2,(H,12,15). The van der Waals surface area contributed by atoms with Gasteiger partial charge in [-0.05, 0) is 18.4 Å². The van der Waals surface area contributed by atoms with Gasteiger partial charge in [0.1, 0.15) is 6.42 Å². The maximum atomic E-state index is 11.7. The number of azide groups is 1. The molecular weight excluding hydrogens is 213 g/mol. The zero-order valence-electron chi connectivity index (χ0n) is 7.92. The molecule has 0 aliphatic heterocycles. The van der Waals surface area contributed by atoms with Crippen molar-refractivity contribution in [3.63, 3.8) is 0 Å². The third-order valence-electron chi connectivity index (χ3n) is 1.43. The monoisotopic (exact) mass is 224 g/mol. The molecule has 0 aliphatic rings. The molecule has 1 N–H and O–H groups in total. The Kier molecular flexibility index (Phi) is 6.28. The molecule has 0 aromatic heterocycles. The molecule has 0 aliphatic carbocycles. The largest absolute Gasteiger partial charge is 0.397 e. The third kappa shape index (κ3) is 10.5. The van der Waals surface area contributed by atoms with E-state index in [1.807, 2.05) is 0 Å². The van der Waals surface area contributed by atoms with Gasteiger partial charge in [0.15, 0.2) is 0 Å². The van der Waals surface area contributed by atoms with Crippen LogP contribution in [0, 0.1) is 0 Å². The molecule has 0 rings (SSSR count). The molecule has 0 spiro atoms. The fourth-order valence-corrected chi connectivity index (χ4v) is 0.825. The number of amides is 1. The highest BCUT2D eigenvalue weighted by molar-refractivity contribution is 5.76. The summed E-state index contributed by atoms with van der Waals surface area (Å²) in [6.07, 6.45) is -4.89. The molecular formula is C7H11F3N4O. The van der Waals surface area contributed by atoms with Gasteiger partial charge in [0.2, 0.25) is 5.91 Å². The van der Waals surface area contributed by atoms with Crippen LogP contribution in [0.1, 0.15) is 19.3 Å². The normalized spacial score (nSPS) is 10.6. The molecule has 0 atom stereocenters. The van der Waals surface area contributed by atoms with Crippen molar-refractivity contribution in [1.29, 1.82) is 0 Å². The highest BCUT2D eigenvalue weighted by Crippen LogP contribution is 2.18. The highest BCUT2D eigenvalue weighted by Gasteiger charge is 2.30. The average Bonchev–Trinajstić information content (AvgIpc) is 2.08. The van der Waals surface area contributed by atoms with Gasteiger partial charge >= 0.3 is 6.18 Å². The van der Waals surface area contributed by atoms with Crippen molar-refractivity contribution >= 4 is 5.91 Å². The Morgan fingerprint density at radius 3 is 2.60 bits per heavy atom. The van der Waals surface area contributed by atoms with E-state index in [-0.39, 0.29) is 13.1 Å². The predicted molar refractivity (Wildman–Crippen MR) is 46.9 cm³/mol. The Balaban J connectivity index is 3.43. The van der Waals surface area contributed by atoms with Crippen molar-refractivity contribution in [2.45, 2.75) is 25.4 Å². The van der Waals surface area contributed by atoms with E-state index in [0.717, 1.165) is 0 Å². The maximum absolute atomic E-state index is 11.7. The van der Waals surface area contributed by atoms with Crippen LogP contribution in [0.2, 0.25) is 0 Å². The topological polar surface area (TPSA) is 77.9 Å². The minimum absolute atomic E-state index is 0.163. The van der Waals surface area contributed by atoms with Gasteiger partial charge in [-0.3, -0.25) is 4.79 Å². The molecule has 5 nitrogen and oxygen atoms in total. The van der Waals surface area contributed by atoms with Crippen molar-refractivity contribution in [3.8, 4) is 0 Å². The number of nitrogens with one attached hydrogen (secondary N) is 1. The second kappa shape index (κ2) is 6.94. The number of alkyl halides is 3. The molecule has 0 fully saturated rings. The van der Waals surface area contributed by atoms with Gasteiger partial charge in [-0.15, -0.1) is 0 Å². The molecule has 0 aromatic rings. The zero-order valence-corrected chi connectivity index (χ0v) is 7.92. The second-order valence-electron chi connectivity index (χ2n) is 2.80. The lowest BCUT2D eigenvalue weighted by molar-refractivity contribution is -0.153. The smallest absolute Gasteiger partial charge is 0.356 e. The molecule has 0 heterocycles. The Morgan fingerprint density at radius 2 is 2.07 bits per heavy atom. The van der Waals surface area contributed by atoms with Crippen LogP contribution in [0.15, 0.2) is 5.11 Å². The lowest BCUT2D eigenvalue weighted by atomic mass is 10.3. The van der Waals surface area contributed by atoms with E-state index in [9.17, 15) is 18.0 Å². The molecule has 0 saturated heterocycles. The maximum Gasteiger partial charge on any atom is 0.397 e. The first-order valence-corrected chi connectivity index (χ1v) is 4.30. The Hall–Kier alpha value is -1.43. The van der Waals surface area contributed by atoms with Gasteiger partial charge in [0.25, 0.3) is 0 Å². The van der Waals surface area contributed by atoms with Crippen LogP contribution in [0.4, 0.5) is 13.2 Å². The van der Waals surface area contributed by atoms with E-state index in [2.05, 4.69) is 15.3 Å². The van der Waals surface area contributed by atoms with E-state index in [0.29, 0.717) is 12.8 Å². The number of rotatable bonds is 6. The fraction of sp³-hybridized carbons (Fsp3) is 0.857. The minimum Gasteiger partial charge on any atom is -0.356 e. The van der Waals surface area contributed by atoms with Gasteiger partial charge in [-0.1, -0.05) is 5.11 Å². The van der Waals surface area contributed by atoms with Crippen LogP contribution in [0.5, 0.6) is 0 Å². The first kappa shape index (κ1) is 13.6. The van der Waals surface area contributed by atoms with Gasteiger partial charge in [-0.2, -0.15) is 13.2 Å². The SMILES string of the molecule is [N-]=[N+]=NCCCCNC(=O)CC(F)(F)F. The molecule has 0 saturated carbocycles. The summed E-state index contributed by atoms with van der Waals surface area (Å²) >= 11 is 0. The summed E-state index contributed by atoms with van der Waals surface area (Å²) in [6, 6.07) is 0. The Bertz CT molecular complexity index is 247. The van der Waals surface area contributed by atoms with Crippen molar-refractivity contribution in [2.24, 2.45) is 5.11 Å². The lowest BCUT2D eigenvalue weighted by Gasteiger charge is -2.06. The first-order chi connectivity index (χ1) is 6.95. The van der Waals surface area contributed by atoms with Gasteiger partial charge < -0.3 is 5.32 Å². The van der Waals surface area contributed by atoms with Crippen LogP contribution in [0.25, 0.3) is 10.4 Å². The molecule has 1 amide bonds. The van der Waals surface area contributed by atoms with Crippen LogP contribution >= 0.6 is 0 Å². The van der Waals surface area contributed by atoms with Crippen LogP contribution in [-0.2, 0) is 4.79 Å². The summed E-state index contributed by atoms with van der Waals surface area (Å²) in [6.45, 7) is 0.446. The molecule has 15 heavy (non-hydrogen) atoms. The van der Waals surface area contributed by atoms with E-state index in [4.69, 9.17) is 5.53 Å². The van der Waals surface area contributed by atoms with Crippen LogP contribution in [0.3, 0.4) is 0 Å². The van der Waals surface area contributed by atoms with Crippen molar-refractivity contribution in [3.05, 3.63) is 10.4 Å². The predicted octanol–water partition coefficient (Wildman–Crippen LogP) is 2.15. The van der Waals surface area contributed by atoms with Crippen LogP contribution in [-0.4, -0.2) is 25.2 Å². The second-order valence-corrected chi connectivity index (χ2v) is 2.80. The van der Waals surface area contributed by atoms with Gasteiger partial charge in [0, 0.05) is 18.0 Å². The summed E-state index contributed by atoms with van der Waals surface area (Å²) < 4.78 is 35.0. The molecule has 0 aromatic carbocycles. The number of nitrogens with zero attached hydrogens (tertiary/aromatic N) is 3. The third-order valence-corrected chi connectivity index (χ3v) is 1.43. The molecule has 0 radical (unpaired) electrons. The van der Waals surface area contributed by atoms with E-state index < -0.39 is 18.5 Å². The zero-order chi connectivity index (χ0) is 11.7. The first-order valence-electron chi connectivity index (χ1n) is 4.30. The number of halogens is 3. The van der Waals surface area contributed by atoms with E-state index >= 15 is 0 Å². The number of carbonyl (C=O) groups excluding carboxylic acids is 1. The minimum atomic E-state index is -4.46. The number of carbonyl (C=O) groups is 1. The van der Waals surface area contributed by atoms with Gasteiger partial charge in [-0.25, -0.2) is 0 Å². The van der Waals surface area contributed by atoms with Crippen molar-refractivity contribution in [1.82, 2.24) is 5.32 Å². The van der Waals surface area contributed by atoms with Crippen molar-refractivity contribution in [2.75, 3.05) is 13.1 Å². The van der Waals surface area contributed by atoms with Crippen molar-refractivity contribution < 1.29 is 18.0 Å². The summed E-state index contributed by atoms with van der Waals surface area (Å²) in [4.78, 5) is 13.1. The lowest BCUT2D eigenvalue weighted by Crippen LogP contribution is -2.29. The highest BCUT2D eigenvalue weighted by atomic mass is 19.4. The number of unbranched alkanes of at least 4 members (excludes halogenated alkanes) is 1. The summed E-state index contributed by atoms with van der Waals surface area (Å²) in [5, 5.41) is 5.36. The fourth-order valence-electron chi connectivity index (χ4n) is 0.825. The summed E-state index contributed by atoms with van der Waals surface area (Å²) in [7, 11) is 0. The Labute approximate surface area is 84.3 Å². The quantitative estimate of drug-likeness (QED) is 0.319. The Morgan fingerprint density at radius 1 is 1.40 bits per heavy atom. The van der Waals surface area contributed by atoms with Gasteiger partial charge in [0.05, 0.1) is 0 Å². The molecule has 8 heteroatoms. The molecule has 0 unspecified atom stereocenters. The molecule has 86 valence electrons. The molecule has 0 bridgehead atoms. The van der Waals surface area contributed by atoms with E-state index in [1.54, 1.807) is 0 Å². The van der Waals surface area contributed by atoms with Crippen LogP contribution < -0.4 is 5.32 Å². The van der Waals surface area contributed by atoms with E-state index in [1.165, 1.54) is 0 Å². The summed E-state index contributed by atoms with van der Waals surface area (Å²) in [5.41, 5.74) is 7.90. The number of hydrogen-bond acceptors (Lipinski definition) is 2. The number of hydrogen-bond donors (Lipinski definition) is 1. The average molecular weight is 224 g/mol. The summed E-state index contributed by atoms with van der Waals surface area (Å²) in [5.74, 6) is -1.04.